The first-order valence-electron chi connectivity index (χ1n) is 3.80. The van der Waals surface area contributed by atoms with Crippen LogP contribution in [0.3, 0.4) is 0 Å². The Kier molecular flexibility index (Phi) is 4.54. The number of benzene rings is 2. The molecule has 0 aromatic heterocycles. The molecule has 2 nitrogen and oxygen atoms in total. The number of anilines is 2. The van der Waals surface area contributed by atoms with Crippen molar-refractivity contribution in [2.45, 2.75) is 0 Å². The van der Waals surface area contributed by atoms with E-state index in [0.29, 0.717) is 0 Å². The van der Waals surface area contributed by atoms with Crippen molar-refractivity contribution in [3.8, 4) is 0 Å². The van der Waals surface area contributed by atoms with Gasteiger partial charge in [0.05, 0.1) is 0 Å². The third-order valence-electron chi connectivity index (χ3n) is 1.89. The Morgan fingerprint density at radius 1 is 0.643 bits per heavy atom. The lowest BCUT2D eigenvalue weighted by Crippen LogP contribution is -1.86. The second-order valence-electron chi connectivity index (χ2n) is 2.87. The molecule has 0 saturated heterocycles. The van der Waals surface area contributed by atoms with E-state index in [0.717, 1.165) is 22.1 Å². The third-order valence-corrected chi connectivity index (χ3v) is 1.89. The molecule has 2 aromatic rings. The summed E-state index contributed by atoms with van der Waals surface area (Å²) in [7, 11) is 0. The Balaban J connectivity index is 0.000000845. The molecular formula is C10H12Cl2N2. The van der Waals surface area contributed by atoms with Crippen molar-refractivity contribution < 1.29 is 0 Å². The largest absolute Gasteiger partial charge is 0.399 e. The molecule has 4 N–H and O–H groups in total. The minimum absolute atomic E-state index is 0. The highest BCUT2D eigenvalue weighted by Gasteiger charge is 1.93. The van der Waals surface area contributed by atoms with Gasteiger partial charge in [0.15, 0.2) is 0 Å². The highest BCUT2D eigenvalue weighted by Crippen LogP contribution is 2.19. The molecule has 0 radical (unpaired) electrons. The molecule has 0 fully saturated rings. The molecule has 0 spiro atoms. The lowest BCUT2D eigenvalue weighted by molar-refractivity contribution is 1.71. The van der Waals surface area contributed by atoms with Crippen molar-refractivity contribution in [3.05, 3.63) is 36.4 Å². The van der Waals surface area contributed by atoms with Gasteiger partial charge in [0, 0.05) is 11.4 Å². The van der Waals surface area contributed by atoms with Gasteiger partial charge in [0.25, 0.3) is 0 Å². The summed E-state index contributed by atoms with van der Waals surface area (Å²) < 4.78 is 0. The van der Waals surface area contributed by atoms with E-state index >= 15 is 0 Å². The van der Waals surface area contributed by atoms with Gasteiger partial charge in [0.2, 0.25) is 0 Å². The number of halogens is 2. The second-order valence-corrected chi connectivity index (χ2v) is 2.87. The van der Waals surface area contributed by atoms with Crippen LogP contribution in [0.15, 0.2) is 36.4 Å². The fraction of sp³-hybridized carbons (Fsp3) is 0. The van der Waals surface area contributed by atoms with E-state index in [4.69, 9.17) is 11.5 Å². The van der Waals surface area contributed by atoms with Gasteiger partial charge >= 0.3 is 0 Å². The molecule has 0 atom stereocenters. The summed E-state index contributed by atoms with van der Waals surface area (Å²) >= 11 is 0. The van der Waals surface area contributed by atoms with E-state index in [1.807, 2.05) is 36.4 Å². The highest BCUT2D eigenvalue weighted by molar-refractivity contribution is 5.87. The number of nitrogen functional groups attached to an aromatic ring is 2. The highest BCUT2D eigenvalue weighted by atomic mass is 35.5. The second kappa shape index (κ2) is 4.94. The Bertz CT molecular complexity index is 388. The summed E-state index contributed by atoms with van der Waals surface area (Å²) in [6.45, 7) is 0. The van der Waals surface area contributed by atoms with Gasteiger partial charge in [-0.2, -0.15) is 0 Å². The maximum absolute atomic E-state index is 5.63. The molecule has 4 heteroatoms. The molecule has 0 aliphatic carbocycles. The van der Waals surface area contributed by atoms with Gasteiger partial charge in [-0.1, -0.05) is 12.1 Å². The van der Waals surface area contributed by atoms with Crippen LogP contribution < -0.4 is 11.5 Å². The van der Waals surface area contributed by atoms with Crippen molar-refractivity contribution in [1.82, 2.24) is 0 Å². The molecule has 0 heterocycles. The van der Waals surface area contributed by atoms with E-state index in [9.17, 15) is 0 Å². The number of hydrogen-bond donors (Lipinski definition) is 2. The fourth-order valence-electron chi connectivity index (χ4n) is 1.28. The normalized spacial score (nSPS) is 8.86. The Morgan fingerprint density at radius 3 is 1.36 bits per heavy atom. The van der Waals surface area contributed by atoms with E-state index in [1.54, 1.807) is 0 Å². The Labute approximate surface area is 95.1 Å². The zero-order chi connectivity index (χ0) is 8.55. The first-order valence-corrected chi connectivity index (χ1v) is 3.80. The summed E-state index contributed by atoms with van der Waals surface area (Å²) in [5, 5.41) is 2.26. The van der Waals surface area contributed by atoms with Crippen LogP contribution in [0.5, 0.6) is 0 Å². The first kappa shape index (κ1) is 12.9. The number of rotatable bonds is 0. The summed E-state index contributed by atoms with van der Waals surface area (Å²) in [5.74, 6) is 0. The molecule has 0 amide bonds. The van der Waals surface area contributed by atoms with Crippen LogP contribution in [0.1, 0.15) is 0 Å². The molecule has 0 saturated carbocycles. The summed E-state index contributed by atoms with van der Waals surface area (Å²) in [4.78, 5) is 0. The molecule has 0 aliphatic rings. The zero-order valence-electron chi connectivity index (χ0n) is 7.44. The summed E-state index contributed by atoms with van der Waals surface area (Å²) in [6, 6.07) is 11.6. The van der Waals surface area contributed by atoms with Gasteiger partial charge in [-0.25, -0.2) is 0 Å². The van der Waals surface area contributed by atoms with Gasteiger partial charge in [-0.05, 0) is 35.0 Å². The zero-order valence-corrected chi connectivity index (χ0v) is 9.07. The van der Waals surface area contributed by atoms with E-state index in [2.05, 4.69) is 0 Å². The predicted molar refractivity (Wildman–Crippen MR) is 67.3 cm³/mol. The van der Waals surface area contributed by atoms with E-state index in [1.165, 1.54) is 0 Å². The molecule has 76 valence electrons. The predicted octanol–water partition coefficient (Wildman–Crippen LogP) is 2.85. The maximum Gasteiger partial charge on any atom is 0.0320 e. The minimum atomic E-state index is 0. The van der Waals surface area contributed by atoms with Gasteiger partial charge < -0.3 is 11.5 Å². The van der Waals surface area contributed by atoms with Crippen LogP contribution in [0.4, 0.5) is 11.4 Å². The average Bonchev–Trinajstić information content (AvgIpc) is 2.05. The lowest BCUT2D eigenvalue weighted by Gasteiger charge is -1.99. The maximum atomic E-state index is 5.63. The van der Waals surface area contributed by atoms with Crippen LogP contribution >= 0.6 is 24.8 Å². The molecule has 0 bridgehead atoms. The molecular weight excluding hydrogens is 219 g/mol. The van der Waals surface area contributed by atoms with Crippen molar-refractivity contribution in [2.75, 3.05) is 11.5 Å². The molecule has 0 aliphatic heterocycles. The quantitative estimate of drug-likeness (QED) is 0.685. The number of nitrogens with two attached hydrogens (primary N) is 2. The van der Waals surface area contributed by atoms with Crippen molar-refractivity contribution in [1.29, 1.82) is 0 Å². The SMILES string of the molecule is Cl.Cl.Nc1ccc2cc(N)ccc2c1. The van der Waals surface area contributed by atoms with Crippen LogP contribution in [0.2, 0.25) is 0 Å². The first-order chi connectivity index (χ1) is 5.75. The number of hydrogen-bond acceptors (Lipinski definition) is 2. The lowest BCUT2D eigenvalue weighted by atomic mass is 10.1. The smallest absolute Gasteiger partial charge is 0.0320 e. The Morgan fingerprint density at radius 2 is 1.00 bits per heavy atom. The molecule has 2 aromatic carbocycles. The third kappa shape index (κ3) is 2.44. The Hall–Kier alpha value is -1.12. The molecule has 2 rings (SSSR count). The topological polar surface area (TPSA) is 52.0 Å². The monoisotopic (exact) mass is 230 g/mol. The van der Waals surface area contributed by atoms with Gasteiger partial charge in [-0.15, -0.1) is 24.8 Å². The van der Waals surface area contributed by atoms with Gasteiger partial charge in [0.1, 0.15) is 0 Å². The minimum Gasteiger partial charge on any atom is -0.399 e. The van der Waals surface area contributed by atoms with Crippen LogP contribution in [0, 0.1) is 0 Å². The summed E-state index contributed by atoms with van der Waals surface area (Å²) in [6.07, 6.45) is 0. The van der Waals surface area contributed by atoms with E-state index < -0.39 is 0 Å². The van der Waals surface area contributed by atoms with Crippen molar-refractivity contribution >= 4 is 47.0 Å². The fourth-order valence-corrected chi connectivity index (χ4v) is 1.28. The van der Waals surface area contributed by atoms with E-state index in [-0.39, 0.29) is 24.8 Å². The number of fused-ring (bicyclic) bond motifs is 1. The van der Waals surface area contributed by atoms with Crippen LogP contribution in [-0.4, -0.2) is 0 Å². The van der Waals surface area contributed by atoms with Crippen molar-refractivity contribution in [2.24, 2.45) is 0 Å². The molecule has 0 unspecified atom stereocenters. The standard InChI is InChI=1S/C10H10N2.2ClH/c11-9-3-1-7-5-10(12)4-2-8(7)6-9;;/h1-6H,11-12H2;2*1H. The molecule has 14 heavy (non-hydrogen) atoms. The van der Waals surface area contributed by atoms with Crippen molar-refractivity contribution in [3.63, 3.8) is 0 Å². The summed E-state index contributed by atoms with van der Waals surface area (Å²) in [5.41, 5.74) is 12.8. The van der Waals surface area contributed by atoms with Crippen LogP contribution in [-0.2, 0) is 0 Å². The average molecular weight is 231 g/mol. The van der Waals surface area contributed by atoms with Gasteiger partial charge in [-0.3, -0.25) is 0 Å². The van der Waals surface area contributed by atoms with Crippen LogP contribution in [0.25, 0.3) is 10.8 Å².